The Bertz CT molecular complexity index is 830. The lowest BCUT2D eigenvalue weighted by Gasteiger charge is -2.36. The quantitative estimate of drug-likeness (QED) is 0.694. The largest absolute Gasteiger partial charge is 0.497 e. The molecule has 1 heterocycles. The van der Waals surface area contributed by atoms with Crippen molar-refractivity contribution in [3.8, 4) is 5.75 Å². The topological polar surface area (TPSA) is 36.0 Å². The van der Waals surface area contributed by atoms with Crippen molar-refractivity contribution in [3.05, 3.63) is 59.1 Å². The van der Waals surface area contributed by atoms with Gasteiger partial charge in [-0.1, -0.05) is 29.8 Å². The minimum Gasteiger partial charge on any atom is -0.497 e. The molecule has 0 unspecified atom stereocenters. The summed E-state index contributed by atoms with van der Waals surface area (Å²) >= 11 is 6.12. The minimum absolute atomic E-state index is 0.236. The lowest BCUT2D eigenvalue weighted by molar-refractivity contribution is -0.133. The van der Waals surface area contributed by atoms with Crippen LogP contribution in [0.15, 0.2) is 48.5 Å². The maximum absolute atomic E-state index is 13.0. The lowest BCUT2D eigenvalue weighted by atomic mass is 10.2. The maximum atomic E-state index is 13.0. The van der Waals surface area contributed by atoms with E-state index in [9.17, 15) is 4.79 Å². The van der Waals surface area contributed by atoms with E-state index in [1.165, 1.54) is 0 Å². The van der Waals surface area contributed by atoms with Gasteiger partial charge >= 0.3 is 0 Å². The van der Waals surface area contributed by atoms with Crippen LogP contribution < -0.4 is 9.64 Å². The summed E-state index contributed by atoms with van der Waals surface area (Å²) < 4.78 is 5.23. The number of rotatable bonds is 7. The fourth-order valence-corrected chi connectivity index (χ4v) is 4.04. The van der Waals surface area contributed by atoms with Gasteiger partial charge in [0.15, 0.2) is 0 Å². The van der Waals surface area contributed by atoms with Gasteiger partial charge in [-0.15, -0.1) is 0 Å². The first-order valence-electron chi connectivity index (χ1n) is 10.3. The Labute approximate surface area is 177 Å². The van der Waals surface area contributed by atoms with E-state index in [1.807, 2.05) is 42.5 Å². The van der Waals surface area contributed by atoms with Crippen molar-refractivity contribution < 1.29 is 9.53 Å². The molecule has 5 nitrogen and oxygen atoms in total. The van der Waals surface area contributed by atoms with Crippen LogP contribution in [0.1, 0.15) is 18.4 Å². The zero-order chi connectivity index (χ0) is 20.2. The maximum Gasteiger partial charge on any atom is 0.237 e. The Hall–Kier alpha value is -2.24. The molecule has 2 aromatic rings. The highest BCUT2D eigenvalue weighted by atomic mass is 35.5. The Balaban J connectivity index is 1.31. The highest BCUT2D eigenvalue weighted by molar-refractivity contribution is 6.30. The molecule has 6 heteroatoms. The predicted octanol–water partition coefficient (Wildman–Crippen LogP) is 3.66. The molecule has 1 saturated heterocycles. The third-order valence-corrected chi connectivity index (χ3v) is 5.96. The highest BCUT2D eigenvalue weighted by Crippen LogP contribution is 2.29. The number of nitrogens with zero attached hydrogens (tertiary/aromatic N) is 3. The second-order valence-electron chi connectivity index (χ2n) is 7.84. The SMILES string of the molecule is COc1ccc(CN(C(=O)CN2CCN(c3cccc(Cl)c3)CC2)C2CC2)cc1. The third kappa shape index (κ3) is 5.22. The zero-order valence-electron chi connectivity index (χ0n) is 16.9. The van der Waals surface area contributed by atoms with E-state index in [1.54, 1.807) is 7.11 Å². The number of piperazine rings is 1. The average Bonchev–Trinajstić information content (AvgIpc) is 3.58. The van der Waals surface area contributed by atoms with E-state index >= 15 is 0 Å². The molecule has 0 aromatic heterocycles. The van der Waals surface area contributed by atoms with Crippen LogP contribution in [0.2, 0.25) is 5.02 Å². The molecule has 1 aliphatic carbocycles. The van der Waals surface area contributed by atoms with E-state index in [2.05, 4.69) is 20.8 Å². The first-order chi connectivity index (χ1) is 14.1. The molecule has 154 valence electrons. The van der Waals surface area contributed by atoms with Gasteiger partial charge in [0.05, 0.1) is 13.7 Å². The number of anilines is 1. The van der Waals surface area contributed by atoms with Gasteiger partial charge in [-0.3, -0.25) is 9.69 Å². The van der Waals surface area contributed by atoms with Crippen LogP contribution in [-0.4, -0.2) is 61.6 Å². The van der Waals surface area contributed by atoms with Crippen molar-refractivity contribution in [3.63, 3.8) is 0 Å². The summed E-state index contributed by atoms with van der Waals surface area (Å²) in [7, 11) is 1.67. The Morgan fingerprint density at radius 1 is 1.10 bits per heavy atom. The first kappa shape index (κ1) is 20.0. The number of hydrogen-bond donors (Lipinski definition) is 0. The van der Waals surface area contributed by atoms with Gasteiger partial charge in [0.25, 0.3) is 0 Å². The molecule has 0 spiro atoms. The van der Waals surface area contributed by atoms with Crippen LogP contribution in [0.4, 0.5) is 5.69 Å². The van der Waals surface area contributed by atoms with Crippen LogP contribution in [0.25, 0.3) is 0 Å². The fraction of sp³-hybridized carbons (Fsp3) is 0.435. The van der Waals surface area contributed by atoms with Gasteiger partial charge in [-0.05, 0) is 48.7 Å². The molecule has 2 aromatic carbocycles. The highest BCUT2D eigenvalue weighted by Gasteiger charge is 2.33. The van der Waals surface area contributed by atoms with E-state index < -0.39 is 0 Å². The monoisotopic (exact) mass is 413 g/mol. The molecule has 0 bridgehead atoms. The van der Waals surface area contributed by atoms with Crippen LogP contribution in [-0.2, 0) is 11.3 Å². The van der Waals surface area contributed by atoms with Gasteiger partial charge in [0.1, 0.15) is 5.75 Å². The molecule has 0 radical (unpaired) electrons. The summed E-state index contributed by atoms with van der Waals surface area (Å²) in [6.45, 7) is 4.77. The zero-order valence-corrected chi connectivity index (χ0v) is 17.6. The fourth-order valence-electron chi connectivity index (χ4n) is 3.85. The normalized spacial score (nSPS) is 17.2. The van der Waals surface area contributed by atoms with Gasteiger partial charge in [-0.25, -0.2) is 0 Å². The Kier molecular flexibility index (Phi) is 6.26. The summed E-state index contributed by atoms with van der Waals surface area (Å²) in [5.41, 5.74) is 2.31. The summed E-state index contributed by atoms with van der Waals surface area (Å²) in [5.74, 6) is 1.08. The smallest absolute Gasteiger partial charge is 0.237 e. The van der Waals surface area contributed by atoms with E-state index in [0.717, 1.165) is 61.0 Å². The molecule has 1 amide bonds. The van der Waals surface area contributed by atoms with Crippen LogP contribution >= 0.6 is 11.6 Å². The second-order valence-corrected chi connectivity index (χ2v) is 8.28. The summed E-state index contributed by atoms with van der Waals surface area (Å²) in [5, 5.41) is 0.763. The van der Waals surface area contributed by atoms with E-state index in [0.29, 0.717) is 19.1 Å². The van der Waals surface area contributed by atoms with Gasteiger partial charge < -0.3 is 14.5 Å². The summed E-state index contributed by atoms with van der Waals surface area (Å²) in [6, 6.07) is 16.4. The number of carbonyl (C=O) groups is 1. The van der Waals surface area contributed by atoms with Crippen LogP contribution in [0.5, 0.6) is 5.75 Å². The van der Waals surface area contributed by atoms with Crippen molar-refractivity contribution in [2.75, 3.05) is 44.7 Å². The van der Waals surface area contributed by atoms with Crippen LogP contribution in [0.3, 0.4) is 0 Å². The molecule has 2 aliphatic rings. The summed E-state index contributed by atoms with van der Waals surface area (Å²) in [4.78, 5) is 19.7. The molecular formula is C23H28ClN3O2. The van der Waals surface area contributed by atoms with Gasteiger partial charge in [-0.2, -0.15) is 0 Å². The molecule has 1 saturated carbocycles. The number of methoxy groups -OCH3 is 1. The Morgan fingerprint density at radius 2 is 1.83 bits per heavy atom. The first-order valence-corrected chi connectivity index (χ1v) is 10.7. The second kappa shape index (κ2) is 9.06. The summed E-state index contributed by atoms with van der Waals surface area (Å²) in [6.07, 6.45) is 2.23. The molecule has 0 atom stereocenters. The van der Waals surface area contributed by atoms with Crippen LogP contribution in [0, 0.1) is 0 Å². The third-order valence-electron chi connectivity index (χ3n) is 5.72. The minimum atomic E-state index is 0.236. The molecule has 4 rings (SSSR count). The standard InChI is InChI=1S/C23H28ClN3O2/c1-29-22-9-5-18(6-10-22)16-27(20-7-8-20)23(28)17-25-11-13-26(14-12-25)21-4-2-3-19(24)15-21/h2-6,9-10,15,20H,7-8,11-14,16-17H2,1H3. The van der Waals surface area contributed by atoms with Crippen molar-refractivity contribution in [1.29, 1.82) is 0 Å². The average molecular weight is 414 g/mol. The number of benzene rings is 2. The molecule has 2 fully saturated rings. The number of halogens is 1. The predicted molar refractivity (Wildman–Crippen MR) is 117 cm³/mol. The van der Waals surface area contributed by atoms with Gasteiger partial charge in [0, 0.05) is 49.5 Å². The Morgan fingerprint density at radius 3 is 2.45 bits per heavy atom. The molecule has 1 aliphatic heterocycles. The van der Waals surface area contributed by atoms with Crippen molar-refractivity contribution >= 4 is 23.2 Å². The number of carbonyl (C=O) groups excluding carboxylic acids is 1. The lowest BCUT2D eigenvalue weighted by Crippen LogP contribution is -2.50. The van der Waals surface area contributed by atoms with E-state index in [4.69, 9.17) is 16.3 Å². The van der Waals surface area contributed by atoms with E-state index in [-0.39, 0.29) is 5.91 Å². The molecule has 0 N–H and O–H groups in total. The van der Waals surface area contributed by atoms with Crippen molar-refractivity contribution in [2.45, 2.75) is 25.4 Å². The number of hydrogen-bond acceptors (Lipinski definition) is 4. The van der Waals surface area contributed by atoms with Crippen molar-refractivity contribution in [2.24, 2.45) is 0 Å². The molecule has 29 heavy (non-hydrogen) atoms. The number of ether oxygens (including phenoxy) is 1. The number of amides is 1. The van der Waals surface area contributed by atoms with Crippen molar-refractivity contribution in [1.82, 2.24) is 9.80 Å². The molecular weight excluding hydrogens is 386 g/mol. The van der Waals surface area contributed by atoms with Gasteiger partial charge in [0.2, 0.25) is 5.91 Å².